The number of unbranched alkanes of at least 4 members (excludes halogenated alkanes) is 5. The van der Waals surface area contributed by atoms with Crippen molar-refractivity contribution < 1.29 is 9.72 Å². The first-order valence-electron chi connectivity index (χ1n) is 8.85. The van der Waals surface area contributed by atoms with E-state index in [4.69, 9.17) is 0 Å². The zero-order valence-electron chi connectivity index (χ0n) is 14.8. The molecular formula is C20H30NO3. The van der Waals surface area contributed by atoms with Gasteiger partial charge >= 0.3 is 0 Å². The highest BCUT2D eigenvalue weighted by molar-refractivity contribution is 5.50. The molecule has 0 spiro atoms. The van der Waals surface area contributed by atoms with Crippen molar-refractivity contribution >= 4 is 6.29 Å². The topological polar surface area (TPSA) is 60.2 Å². The molecule has 0 saturated carbocycles. The number of nitrogens with zero attached hydrogens (tertiary/aromatic N) is 1. The Hall–Kier alpha value is -1.97. The lowest BCUT2D eigenvalue weighted by molar-refractivity contribution is -0.427. The molecule has 0 bridgehead atoms. The Morgan fingerprint density at radius 1 is 0.958 bits per heavy atom. The van der Waals surface area contributed by atoms with Gasteiger partial charge in [0.25, 0.3) is 0 Å². The van der Waals surface area contributed by atoms with Crippen LogP contribution in [0, 0.1) is 10.1 Å². The number of carbonyl (C=O) groups excluding carboxylic acids is 1. The number of allylic oxidation sites excluding steroid dienone is 7. The highest BCUT2D eigenvalue weighted by Crippen LogP contribution is 2.07. The maximum Gasteiger partial charge on any atom is 0.246 e. The molecule has 0 N–H and O–H groups in total. The summed E-state index contributed by atoms with van der Waals surface area (Å²) in [6, 6.07) is 0. The second-order valence-electron chi connectivity index (χ2n) is 5.57. The minimum Gasteiger partial charge on any atom is -0.291 e. The van der Waals surface area contributed by atoms with Crippen LogP contribution >= 0.6 is 0 Å². The molecule has 0 saturated heterocycles. The average Bonchev–Trinajstić information content (AvgIpc) is 2.57. The highest BCUT2D eigenvalue weighted by atomic mass is 16.6. The van der Waals surface area contributed by atoms with Gasteiger partial charge in [-0.15, -0.1) is 0 Å². The summed E-state index contributed by atoms with van der Waals surface area (Å²) in [6.07, 6.45) is 24.1. The molecule has 0 unspecified atom stereocenters. The zero-order chi connectivity index (χ0) is 17.9. The molecule has 24 heavy (non-hydrogen) atoms. The Kier molecular flexibility index (Phi) is 16.0. The van der Waals surface area contributed by atoms with Crippen LogP contribution in [0.3, 0.4) is 0 Å². The summed E-state index contributed by atoms with van der Waals surface area (Å²) in [4.78, 5) is 20.7. The van der Waals surface area contributed by atoms with Crippen LogP contribution in [-0.2, 0) is 4.79 Å². The third-order valence-corrected chi connectivity index (χ3v) is 3.45. The summed E-state index contributed by atoms with van der Waals surface area (Å²) in [7, 11) is 0. The molecule has 0 atom stereocenters. The smallest absolute Gasteiger partial charge is 0.246 e. The largest absolute Gasteiger partial charge is 0.291 e. The van der Waals surface area contributed by atoms with Gasteiger partial charge in [-0.05, 0) is 44.6 Å². The van der Waals surface area contributed by atoms with Gasteiger partial charge in [-0.2, -0.15) is 0 Å². The van der Waals surface area contributed by atoms with Crippen LogP contribution < -0.4 is 0 Å². The first-order valence-corrected chi connectivity index (χ1v) is 8.85. The number of hydrogen-bond acceptors (Lipinski definition) is 3. The van der Waals surface area contributed by atoms with E-state index in [0.717, 1.165) is 25.7 Å². The lowest BCUT2D eigenvalue weighted by Gasteiger charge is -1.94. The molecule has 0 aliphatic heterocycles. The monoisotopic (exact) mass is 332 g/mol. The fraction of sp³-hybridized carbons (Fsp3) is 0.550. The minimum absolute atomic E-state index is 0.216. The van der Waals surface area contributed by atoms with Crippen LogP contribution in [0.5, 0.6) is 0 Å². The van der Waals surface area contributed by atoms with E-state index in [2.05, 4.69) is 19.1 Å². The standard InChI is InChI=1S/C20H30NO3/c1-2-3-4-5-6-7-8-9-11-14-17-20(21(23)24)18-15-12-10-13-16-19-22/h6-7,9,11-12,15,17H,2-5,8,10,13-14,16,18H2,1H3/b7-6+,11-9+,15-12+,20-17-. The zero-order valence-corrected chi connectivity index (χ0v) is 14.8. The van der Waals surface area contributed by atoms with Crippen molar-refractivity contribution in [3.8, 4) is 0 Å². The van der Waals surface area contributed by atoms with E-state index in [9.17, 15) is 14.9 Å². The van der Waals surface area contributed by atoms with E-state index in [1.807, 2.05) is 24.5 Å². The van der Waals surface area contributed by atoms with Crippen molar-refractivity contribution in [2.24, 2.45) is 0 Å². The van der Waals surface area contributed by atoms with Gasteiger partial charge in [0.05, 0.1) is 11.3 Å². The highest BCUT2D eigenvalue weighted by Gasteiger charge is 2.06. The molecule has 0 aliphatic carbocycles. The van der Waals surface area contributed by atoms with E-state index in [0.29, 0.717) is 19.3 Å². The Labute approximate surface area is 146 Å². The summed E-state index contributed by atoms with van der Waals surface area (Å²) >= 11 is 0. The van der Waals surface area contributed by atoms with Crippen LogP contribution in [0.25, 0.3) is 0 Å². The Morgan fingerprint density at radius 2 is 1.62 bits per heavy atom. The number of nitro groups is 1. The van der Waals surface area contributed by atoms with Crippen molar-refractivity contribution in [3.63, 3.8) is 0 Å². The lowest BCUT2D eigenvalue weighted by atomic mass is 10.2. The summed E-state index contributed by atoms with van der Waals surface area (Å²) in [6.45, 7) is 2.20. The van der Waals surface area contributed by atoms with E-state index in [1.165, 1.54) is 19.3 Å². The molecule has 0 aromatic carbocycles. The molecule has 133 valence electrons. The predicted molar refractivity (Wildman–Crippen MR) is 100 cm³/mol. The van der Waals surface area contributed by atoms with E-state index in [1.54, 1.807) is 12.2 Å². The van der Waals surface area contributed by atoms with E-state index < -0.39 is 0 Å². The third kappa shape index (κ3) is 14.9. The van der Waals surface area contributed by atoms with Gasteiger partial charge in [0.1, 0.15) is 0 Å². The Morgan fingerprint density at radius 3 is 2.33 bits per heavy atom. The molecule has 0 fully saturated rings. The molecule has 0 aromatic rings. The van der Waals surface area contributed by atoms with Gasteiger partial charge < -0.3 is 0 Å². The average molecular weight is 332 g/mol. The van der Waals surface area contributed by atoms with Crippen molar-refractivity contribution in [1.29, 1.82) is 0 Å². The number of hydrogen-bond donors (Lipinski definition) is 0. The second-order valence-corrected chi connectivity index (χ2v) is 5.57. The lowest BCUT2D eigenvalue weighted by Crippen LogP contribution is -1.97. The first-order chi connectivity index (χ1) is 11.7. The molecule has 0 aliphatic rings. The molecule has 0 amide bonds. The van der Waals surface area contributed by atoms with Gasteiger partial charge in [-0.1, -0.05) is 56.2 Å². The molecule has 0 rings (SSSR count). The fourth-order valence-corrected chi connectivity index (χ4v) is 2.05. The Balaban J connectivity index is 4.00. The molecule has 4 nitrogen and oxygen atoms in total. The first kappa shape index (κ1) is 22.0. The van der Waals surface area contributed by atoms with Crippen LogP contribution in [-0.4, -0.2) is 11.2 Å². The van der Waals surface area contributed by atoms with Crippen molar-refractivity contribution in [3.05, 3.63) is 58.3 Å². The maximum atomic E-state index is 11.0. The quantitative estimate of drug-likeness (QED) is 0.164. The number of rotatable bonds is 15. The second kappa shape index (κ2) is 17.4. The van der Waals surface area contributed by atoms with Gasteiger partial charge in [0.2, 0.25) is 5.70 Å². The third-order valence-electron chi connectivity index (χ3n) is 3.45. The van der Waals surface area contributed by atoms with Gasteiger partial charge in [0, 0.05) is 6.42 Å². The summed E-state index contributed by atoms with van der Waals surface area (Å²) in [5, 5.41) is 11.0. The van der Waals surface area contributed by atoms with Crippen LogP contribution in [0.2, 0.25) is 0 Å². The SMILES string of the molecule is CCCCC/C=C/C/C=C/C/C=C(/C/C=C/CCC[C]=O)[N+](=O)[O-]. The molecule has 4 heteroatoms. The predicted octanol–water partition coefficient (Wildman–Crippen LogP) is 5.85. The van der Waals surface area contributed by atoms with Crippen LogP contribution in [0.1, 0.15) is 71.1 Å². The normalized spacial score (nSPS) is 12.6. The van der Waals surface area contributed by atoms with Gasteiger partial charge in [0.15, 0.2) is 6.29 Å². The van der Waals surface area contributed by atoms with Gasteiger partial charge in [-0.3, -0.25) is 14.9 Å². The summed E-state index contributed by atoms with van der Waals surface area (Å²) < 4.78 is 0. The van der Waals surface area contributed by atoms with Crippen LogP contribution in [0.4, 0.5) is 0 Å². The van der Waals surface area contributed by atoms with Gasteiger partial charge in [-0.25, -0.2) is 0 Å². The van der Waals surface area contributed by atoms with Crippen LogP contribution in [0.15, 0.2) is 48.2 Å². The molecule has 0 aromatic heterocycles. The van der Waals surface area contributed by atoms with Crippen molar-refractivity contribution in [2.45, 2.75) is 71.1 Å². The Bertz CT molecular complexity index is 448. The molecule has 1 radical (unpaired) electrons. The summed E-state index contributed by atoms with van der Waals surface area (Å²) in [5.41, 5.74) is 0.216. The van der Waals surface area contributed by atoms with E-state index >= 15 is 0 Å². The summed E-state index contributed by atoms with van der Waals surface area (Å²) in [5.74, 6) is 0. The molecular weight excluding hydrogens is 302 g/mol. The maximum absolute atomic E-state index is 11.0. The van der Waals surface area contributed by atoms with Crippen molar-refractivity contribution in [1.82, 2.24) is 0 Å². The fourth-order valence-electron chi connectivity index (χ4n) is 2.05. The molecule has 0 heterocycles. The van der Waals surface area contributed by atoms with E-state index in [-0.39, 0.29) is 10.6 Å². The van der Waals surface area contributed by atoms with Crippen molar-refractivity contribution in [2.75, 3.05) is 0 Å². The minimum atomic E-state index is -0.328.